The molecule has 2 aromatic carbocycles. The second-order valence-electron chi connectivity index (χ2n) is 3.86. The summed E-state index contributed by atoms with van der Waals surface area (Å²) in [5.41, 5.74) is 7.83. The highest BCUT2D eigenvalue weighted by atomic mass is 127. The fourth-order valence-corrected chi connectivity index (χ4v) is 2.43. The molecule has 0 aliphatic rings. The zero-order valence-corrected chi connectivity index (χ0v) is 11.1. The molecule has 3 aromatic rings. The van der Waals surface area contributed by atoms with Crippen LogP contribution in [0.15, 0.2) is 42.5 Å². The fourth-order valence-electron chi connectivity index (χ4n) is 1.88. The lowest BCUT2D eigenvalue weighted by atomic mass is 10.1. The van der Waals surface area contributed by atoms with Crippen molar-refractivity contribution >= 4 is 39.2 Å². The summed E-state index contributed by atoms with van der Waals surface area (Å²) < 4.78 is 0.970. The van der Waals surface area contributed by atoms with Gasteiger partial charge in [-0.2, -0.15) is 5.10 Å². The summed E-state index contributed by atoms with van der Waals surface area (Å²) in [4.78, 5) is 0. The molecule has 0 aliphatic heterocycles. The fraction of sp³-hybridized carbons (Fsp3) is 0. The summed E-state index contributed by atoms with van der Waals surface area (Å²) in [6.45, 7) is 0. The van der Waals surface area contributed by atoms with E-state index in [0.717, 1.165) is 14.8 Å². The Hall–Kier alpha value is -1.56. The van der Waals surface area contributed by atoms with Crippen LogP contribution < -0.4 is 5.73 Å². The number of anilines is 1. The van der Waals surface area contributed by atoms with Crippen molar-refractivity contribution < 1.29 is 0 Å². The standard InChI is InChI=1S/C13H10IN3/c14-11-12(16-17-13(11)15)10-6-5-8-3-1-2-4-9(8)7-10/h1-7H,(H3,15,16,17). The average molecular weight is 335 g/mol. The van der Waals surface area contributed by atoms with E-state index in [4.69, 9.17) is 5.73 Å². The Kier molecular flexibility index (Phi) is 2.51. The Balaban J connectivity index is 2.21. The number of hydrogen-bond acceptors (Lipinski definition) is 2. The number of hydrogen-bond donors (Lipinski definition) is 2. The number of aromatic nitrogens is 2. The number of nitrogens with one attached hydrogen (secondary N) is 1. The third kappa shape index (κ3) is 1.78. The van der Waals surface area contributed by atoms with Crippen LogP contribution in [0.4, 0.5) is 5.82 Å². The zero-order valence-electron chi connectivity index (χ0n) is 8.94. The van der Waals surface area contributed by atoms with E-state index in [9.17, 15) is 0 Å². The number of aromatic amines is 1. The maximum absolute atomic E-state index is 5.74. The topological polar surface area (TPSA) is 54.7 Å². The van der Waals surface area contributed by atoms with Crippen molar-refractivity contribution in [1.29, 1.82) is 0 Å². The molecule has 3 nitrogen and oxygen atoms in total. The van der Waals surface area contributed by atoms with Crippen LogP contribution in [0.25, 0.3) is 22.0 Å². The van der Waals surface area contributed by atoms with Gasteiger partial charge < -0.3 is 5.73 Å². The van der Waals surface area contributed by atoms with Crippen LogP contribution in [-0.4, -0.2) is 10.2 Å². The first-order valence-corrected chi connectivity index (χ1v) is 6.32. The molecule has 3 rings (SSSR count). The van der Waals surface area contributed by atoms with Gasteiger partial charge in [-0.1, -0.05) is 36.4 Å². The van der Waals surface area contributed by atoms with Crippen molar-refractivity contribution in [1.82, 2.24) is 10.2 Å². The van der Waals surface area contributed by atoms with Crippen LogP contribution in [0.5, 0.6) is 0 Å². The van der Waals surface area contributed by atoms with Crippen molar-refractivity contribution in [2.75, 3.05) is 5.73 Å². The Bertz CT molecular complexity index is 688. The van der Waals surface area contributed by atoms with Crippen molar-refractivity contribution in [2.24, 2.45) is 0 Å². The molecule has 0 unspecified atom stereocenters. The van der Waals surface area contributed by atoms with E-state index in [0.29, 0.717) is 5.82 Å². The minimum atomic E-state index is 0.550. The van der Waals surface area contributed by atoms with Gasteiger partial charge in [0.15, 0.2) is 5.82 Å². The SMILES string of the molecule is Nc1n[nH]c(-c2ccc3ccccc3c2)c1I. The van der Waals surface area contributed by atoms with E-state index >= 15 is 0 Å². The molecular weight excluding hydrogens is 325 g/mol. The van der Waals surface area contributed by atoms with Crippen LogP contribution in [-0.2, 0) is 0 Å². The Labute approximate surface area is 112 Å². The van der Waals surface area contributed by atoms with Crippen LogP contribution in [0.1, 0.15) is 0 Å². The van der Waals surface area contributed by atoms with Gasteiger partial charge in [-0.3, -0.25) is 5.10 Å². The molecule has 17 heavy (non-hydrogen) atoms. The summed E-state index contributed by atoms with van der Waals surface area (Å²) in [5, 5.41) is 9.44. The number of nitrogens with zero attached hydrogens (tertiary/aromatic N) is 1. The number of halogens is 1. The third-order valence-corrected chi connectivity index (χ3v) is 3.86. The third-order valence-electron chi connectivity index (χ3n) is 2.77. The quantitative estimate of drug-likeness (QED) is 0.670. The second kappa shape index (κ2) is 4.03. The van der Waals surface area contributed by atoms with Gasteiger partial charge in [0.2, 0.25) is 0 Å². The molecule has 0 bridgehead atoms. The normalized spacial score (nSPS) is 10.9. The minimum Gasteiger partial charge on any atom is -0.381 e. The van der Waals surface area contributed by atoms with Gasteiger partial charge in [-0.15, -0.1) is 0 Å². The van der Waals surface area contributed by atoms with E-state index in [1.165, 1.54) is 10.8 Å². The van der Waals surface area contributed by atoms with Gasteiger partial charge in [0.1, 0.15) is 0 Å². The Morgan fingerprint density at radius 2 is 1.82 bits per heavy atom. The summed E-state index contributed by atoms with van der Waals surface area (Å²) in [7, 11) is 0. The van der Waals surface area contributed by atoms with E-state index in [1.807, 2.05) is 12.1 Å². The van der Waals surface area contributed by atoms with Gasteiger partial charge in [0.25, 0.3) is 0 Å². The number of nitrogen functional groups attached to an aromatic ring is 1. The smallest absolute Gasteiger partial charge is 0.159 e. The van der Waals surface area contributed by atoms with Gasteiger partial charge in [-0.05, 0) is 39.4 Å². The first-order valence-electron chi connectivity index (χ1n) is 5.24. The maximum Gasteiger partial charge on any atom is 0.159 e. The van der Waals surface area contributed by atoms with Crippen LogP contribution >= 0.6 is 22.6 Å². The lowest BCUT2D eigenvalue weighted by Crippen LogP contribution is -1.86. The molecule has 0 saturated carbocycles. The van der Waals surface area contributed by atoms with Gasteiger partial charge >= 0.3 is 0 Å². The van der Waals surface area contributed by atoms with E-state index in [-0.39, 0.29) is 0 Å². The molecule has 0 saturated heterocycles. The highest BCUT2D eigenvalue weighted by Gasteiger charge is 2.09. The van der Waals surface area contributed by atoms with E-state index < -0.39 is 0 Å². The molecule has 0 atom stereocenters. The maximum atomic E-state index is 5.74. The second-order valence-corrected chi connectivity index (χ2v) is 4.94. The summed E-state index contributed by atoms with van der Waals surface area (Å²) >= 11 is 2.21. The molecule has 4 heteroatoms. The highest BCUT2D eigenvalue weighted by molar-refractivity contribution is 14.1. The van der Waals surface area contributed by atoms with Crippen molar-refractivity contribution in [3.05, 3.63) is 46.0 Å². The molecule has 0 fully saturated rings. The molecular formula is C13H10IN3. The lowest BCUT2D eigenvalue weighted by molar-refractivity contribution is 1.10. The first-order chi connectivity index (χ1) is 8.25. The Morgan fingerprint density at radius 3 is 2.53 bits per heavy atom. The number of H-pyrrole nitrogens is 1. The summed E-state index contributed by atoms with van der Waals surface area (Å²) in [5.74, 6) is 0.550. The molecule has 0 spiro atoms. The largest absolute Gasteiger partial charge is 0.381 e. The molecule has 0 radical (unpaired) electrons. The van der Waals surface area contributed by atoms with Gasteiger partial charge in [-0.25, -0.2) is 0 Å². The molecule has 3 N–H and O–H groups in total. The molecule has 1 heterocycles. The monoisotopic (exact) mass is 335 g/mol. The van der Waals surface area contributed by atoms with Crippen molar-refractivity contribution in [2.45, 2.75) is 0 Å². The number of nitrogens with two attached hydrogens (primary N) is 1. The highest BCUT2D eigenvalue weighted by Crippen LogP contribution is 2.28. The minimum absolute atomic E-state index is 0.550. The lowest BCUT2D eigenvalue weighted by Gasteiger charge is -2.02. The molecule has 0 amide bonds. The van der Waals surface area contributed by atoms with Crippen molar-refractivity contribution in [3.8, 4) is 11.3 Å². The average Bonchev–Trinajstić information content (AvgIpc) is 2.70. The predicted octanol–water partition coefficient (Wildman–Crippen LogP) is 3.42. The van der Waals surface area contributed by atoms with Crippen LogP contribution in [0.3, 0.4) is 0 Å². The summed E-state index contributed by atoms with van der Waals surface area (Å²) in [6.07, 6.45) is 0. The van der Waals surface area contributed by atoms with Crippen LogP contribution in [0.2, 0.25) is 0 Å². The zero-order chi connectivity index (χ0) is 11.8. The van der Waals surface area contributed by atoms with Gasteiger partial charge in [0.05, 0.1) is 9.26 Å². The predicted molar refractivity (Wildman–Crippen MR) is 78.7 cm³/mol. The molecule has 0 aliphatic carbocycles. The van der Waals surface area contributed by atoms with Gasteiger partial charge in [0, 0.05) is 5.56 Å². The van der Waals surface area contributed by atoms with E-state index in [2.05, 4.69) is 63.1 Å². The van der Waals surface area contributed by atoms with E-state index in [1.54, 1.807) is 0 Å². The molecule has 84 valence electrons. The number of rotatable bonds is 1. The molecule has 1 aromatic heterocycles. The summed E-state index contributed by atoms with van der Waals surface area (Å²) in [6, 6.07) is 14.6. The first kappa shape index (κ1) is 10.6. The van der Waals surface area contributed by atoms with Crippen molar-refractivity contribution in [3.63, 3.8) is 0 Å². The number of benzene rings is 2. The van der Waals surface area contributed by atoms with Crippen LogP contribution in [0, 0.1) is 3.57 Å². The number of fused-ring (bicyclic) bond motifs is 1. The Morgan fingerprint density at radius 1 is 1.06 bits per heavy atom.